The van der Waals surface area contributed by atoms with E-state index in [0.717, 1.165) is 24.5 Å². The summed E-state index contributed by atoms with van der Waals surface area (Å²) in [6.07, 6.45) is 0.925. The van der Waals surface area contributed by atoms with Crippen LogP contribution in [0.3, 0.4) is 0 Å². The highest BCUT2D eigenvalue weighted by Crippen LogP contribution is 2.32. The SMILES string of the molecule is O=C(Cc1ccccc1F)Nc1ccc(N2CCc3ccccc32)nn1. The molecule has 0 bridgehead atoms. The molecule has 0 saturated heterocycles. The molecule has 0 aliphatic carbocycles. The van der Waals surface area contributed by atoms with Gasteiger partial charge in [-0.25, -0.2) is 4.39 Å². The van der Waals surface area contributed by atoms with E-state index < -0.39 is 5.82 Å². The summed E-state index contributed by atoms with van der Waals surface area (Å²) in [4.78, 5) is 14.2. The van der Waals surface area contributed by atoms with Gasteiger partial charge in [-0.3, -0.25) is 4.79 Å². The van der Waals surface area contributed by atoms with E-state index in [2.05, 4.69) is 32.5 Å². The Labute approximate surface area is 150 Å². The molecule has 0 spiro atoms. The number of fused-ring (bicyclic) bond motifs is 1. The van der Waals surface area contributed by atoms with Crippen LogP contribution in [0.5, 0.6) is 0 Å². The zero-order valence-corrected chi connectivity index (χ0v) is 14.0. The van der Waals surface area contributed by atoms with Crippen molar-refractivity contribution in [2.75, 3.05) is 16.8 Å². The summed E-state index contributed by atoms with van der Waals surface area (Å²) in [5, 5.41) is 11.0. The third-order valence-electron chi connectivity index (χ3n) is 4.39. The maximum absolute atomic E-state index is 13.6. The molecule has 0 saturated carbocycles. The Kier molecular flexibility index (Phi) is 4.31. The van der Waals surface area contributed by atoms with Crippen LogP contribution in [-0.2, 0) is 17.6 Å². The first-order chi connectivity index (χ1) is 12.7. The number of nitrogens with one attached hydrogen (secondary N) is 1. The van der Waals surface area contributed by atoms with Crippen LogP contribution in [-0.4, -0.2) is 22.6 Å². The molecule has 0 atom stereocenters. The smallest absolute Gasteiger partial charge is 0.230 e. The van der Waals surface area contributed by atoms with Gasteiger partial charge in [0.15, 0.2) is 11.6 Å². The number of para-hydroxylation sites is 1. The lowest BCUT2D eigenvalue weighted by Gasteiger charge is -2.17. The Bertz CT molecular complexity index is 943. The minimum Gasteiger partial charge on any atom is -0.324 e. The molecular formula is C20H17FN4O. The normalized spacial score (nSPS) is 12.7. The number of anilines is 3. The minimum absolute atomic E-state index is 0.0460. The van der Waals surface area contributed by atoms with E-state index >= 15 is 0 Å². The molecule has 1 amide bonds. The molecule has 5 nitrogen and oxygen atoms in total. The fraction of sp³-hybridized carbons (Fsp3) is 0.150. The highest BCUT2D eigenvalue weighted by molar-refractivity contribution is 5.91. The van der Waals surface area contributed by atoms with Crippen LogP contribution >= 0.6 is 0 Å². The molecular weight excluding hydrogens is 331 g/mol. The average Bonchev–Trinajstić information content (AvgIpc) is 3.08. The molecule has 2 heterocycles. The molecule has 1 aliphatic rings. The predicted octanol–water partition coefficient (Wildman–Crippen LogP) is 3.49. The van der Waals surface area contributed by atoms with Gasteiger partial charge in [-0.05, 0) is 41.8 Å². The van der Waals surface area contributed by atoms with Gasteiger partial charge < -0.3 is 10.2 Å². The molecule has 1 aliphatic heterocycles. The van der Waals surface area contributed by atoms with E-state index in [9.17, 15) is 9.18 Å². The Morgan fingerprint density at radius 2 is 1.85 bits per heavy atom. The van der Waals surface area contributed by atoms with Gasteiger partial charge in [-0.15, -0.1) is 10.2 Å². The minimum atomic E-state index is -0.392. The van der Waals surface area contributed by atoms with Crippen molar-refractivity contribution < 1.29 is 9.18 Å². The van der Waals surface area contributed by atoms with Crippen LogP contribution in [0.2, 0.25) is 0 Å². The molecule has 1 aromatic heterocycles. The first-order valence-electron chi connectivity index (χ1n) is 8.43. The van der Waals surface area contributed by atoms with Crippen LogP contribution in [0.15, 0.2) is 60.7 Å². The first-order valence-corrected chi connectivity index (χ1v) is 8.43. The maximum Gasteiger partial charge on any atom is 0.230 e. The average molecular weight is 348 g/mol. The zero-order chi connectivity index (χ0) is 17.9. The van der Waals surface area contributed by atoms with Gasteiger partial charge in [-0.2, -0.15) is 0 Å². The monoisotopic (exact) mass is 348 g/mol. The predicted molar refractivity (Wildman–Crippen MR) is 97.9 cm³/mol. The lowest BCUT2D eigenvalue weighted by Crippen LogP contribution is -2.18. The Balaban J connectivity index is 1.44. The summed E-state index contributed by atoms with van der Waals surface area (Å²) in [6, 6.07) is 18.0. The standard InChI is InChI=1S/C20H17FN4O/c21-16-7-3-1-6-15(16)13-20(26)22-18-9-10-19(24-23-18)25-12-11-14-5-2-4-8-17(14)25/h1-10H,11-13H2,(H,22,23,26). The number of amides is 1. The highest BCUT2D eigenvalue weighted by atomic mass is 19.1. The number of carbonyl (C=O) groups is 1. The van der Waals surface area contributed by atoms with Crippen molar-refractivity contribution in [3.8, 4) is 0 Å². The first kappa shape index (κ1) is 16.2. The van der Waals surface area contributed by atoms with E-state index in [1.54, 1.807) is 24.3 Å². The second-order valence-electron chi connectivity index (χ2n) is 6.12. The number of nitrogens with zero attached hydrogens (tertiary/aromatic N) is 3. The summed E-state index contributed by atoms with van der Waals surface area (Å²) in [5.41, 5.74) is 2.78. The Morgan fingerprint density at radius 3 is 2.65 bits per heavy atom. The number of rotatable bonds is 4. The summed E-state index contributed by atoms with van der Waals surface area (Å²) >= 11 is 0. The van der Waals surface area contributed by atoms with E-state index in [4.69, 9.17) is 0 Å². The maximum atomic E-state index is 13.6. The number of hydrogen-bond donors (Lipinski definition) is 1. The third-order valence-corrected chi connectivity index (χ3v) is 4.39. The van der Waals surface area contributed by atoms with Gasteiger partial charge in [-0.1, -0.05) is 36.4 Å². The van der Waals surface area contributed by atoms with Crippen molar-refractivity contribution in [2.24, 2.45) is 0 Å². The molecule has 2 aromatic carbocycles. The quantitative estimate of drug-likeness (QED) is 0.784. The molecule has 1 N–H and O–H groups in total. The third kappa shape index (κ3) is 3.26. The van der Waals surface area contributed by atoms with Gasteiger partial charge in [0, 0.05) is 12.2 Å². The summed E-state index contributed by atoms with van der Waals surface area (Å²) in [7, 11) is 0. The van der Waals surface area contributed by atoms with Gasteiger partial charge in [0.25, 0.3) is 0 Å². The summed E-state index contributed by atoms with van der Waals surface area (Å²) in [6.45, 7) is 0.854. The van der Waals surface area contributed by atoms with Crippen LogP contribution in [0.25, 0.3) is 0 Å². The number of aromatic nitrogens is 2. The number of hydrogen-bond acceptors (Lipinski definition) is 4. The second-order valence-corrected chi connectivity index (χ2v) is 6.12. The Morgan fingerprint density at radius 1 is 1.04 bits per heavy atom. The van der Waals surface area contributed by atoms with Gasteiger partial charge >= 0.3 is 0 Å². The van der Waals surface area contributed by atoms with E-state index in [0.29, 0.717) is 11.4 Å². The van der Waals surface area contributed by atoms with E-state index in [-0.39, 0.29) is 12.3 Å². The molecule has 0 fully saturated rings. The van der Waals surface area contributed by atoms with Crippen LogP contribution < -0.4 is 10.2 Å². The van der Waals surface area contributed by atoms with E-state index in [1.807, 2.05) is 18.2 Å². The van der Waals surface area contributed by atoms with Gasteiger partial charge in [0.05, 0.1) is 6.42 Å². The molecule has 6 heteroatoms. The number of benzene rings is 2. The fourth-order valence-corrected chi connectivity index (χ4v) is 3.11. The molecule has 3 aromatic rings. The number of carbonyl (C=O) groups excluding carboxylic acids is 1. The van der Waals surface area contributed by atoms with Crippen molar-refractivity contribution in [1.82, 2.24) is 10.2 Å². The van der Waals surface area contributed by atoms with Gasteiger partial charge in [0.1, 0.15) is 5.82 Å². The molecule has 26 heavy (non-hydrogen) atoms. The lowest BCUT2D eigenvalue weighted by atomic mass is 10.1. The van der Waals surface area contributed by atoms with Crippen molar-refractivity contribution in [3.63, 3.8) is 0 Å². The van der Waals surface area contributed by atoms with Crippen molar-refractivity contribution in [1.29, 1.82) is 0 Å². The summed E-state index contributed by atoms with van der Waals surface area (Å²) in [5.74, 6) is 0.366. The largest absolute Gasteiger partial charge is 0.324 e. The van der Waals surface area contributed by atoms with Crippen LogP contribution in [0, 0.1) is 5.82 Å². The van der Waals surface area contributed by atoms with E-state index in [1.165, 1.54) is 11.6 Å². The fourth-order valence-electron chi connectivity index (χ4n) is 3.11. The van der Waals surface area contributed by atoms with Crippen molar-refractivity contribution in [3.05, 3.63) is 77.6 Å². The van der Waals surface area contributed by atoms with Crippen molar-refractivity contribution in [2.45, 2.75) is 12.8 Å². The number of halogens is 1. The Hall–Kier alpha value is -3.28. The van der Waals surface area contributed by atoms with Crippen LogP contribution in [0.4, 0.5) is 21.7 Å². The zero-order valence-electron chi connectivity index (χ0n) is 14.0. The molecule has 130 valence electrons. The summed E-state index contributed by atoms with van der Waals surface area (Å²) < 4.78 is 13.6. The lowest BCUT2D eigenvalue weighted by molar-refractivity contribution is -0.115. The highest BCUT2D eigenvalue weighted by Gasteiger charge is 2.21. The molecule has 0 radical (unpaired) electrons. The molecule has 4 rings (SSSR count). The molecule has 0 unspecified atom stereocenters. The van der Waals surface area contributed by atoms with Crippen molar-refractivity contribution >= 4 is 23.2 Å². The van der Waals surface area contributed by atoms with Crippen LogP contribution in [0.1, 0.15) is 11.1 Å². The second kappa shape index (κ2) is 6.92. The topological polar surface area (TPSA) is 58.1 Å². The van der Waals surface area contributed by atoms with Gasteiger partial charge in [0.2, 0.25) is 5.91 Å².